The minimum atomic E-state index is -3.83. The number of hydrogen-bond donors (Lipinski definition) is 1. The van der Waals surface area contributed by atoms with E-state index in [9.17, 15) is 13.2 Å². The third-order valence-electron chi connectivity index (χ3n) is 4.72. The number of rotatable bonds is 6. The van der Waals surface area contributed by atoms with Crippen LogP contribution in [-0.4, -0.2) is 38.3 Å². The van der Waals surface area contributed by atoms with Crippen LogP contribution in [0.25, 0.3) is 0 Å². The van der Waals surface area contributed by atoms with E-state index in [0.717, 1.165) is 17.5 Å². The Morgan fingerprint density at radius 1 is 1.15 bits per heavy atom. The van der Waals surface area contributed by atoms with E-state index in [0.29, 0.717) is 18.7 Å². The summed E-state index contributed by atoms with van der Waals surface area (Å²) in [6.45, 7) is 2.66. The van der Waals surface area contributed by atoms with Gasteiger partial charge in [0, 0.05) is 13.1 Å². The smallest absolute Gasteiger partial charge is 0.244 e. The molecular formula is C20H24N2O4S. The number of nitrogens with zero attached hydrogens (tertiary/aromatic N) is 1. The van der Waals surface area contributed by atoms with Crippen LogP contribution in [0.3, 0.4) is 0 Å². The zero-order valence-corrected chi connectivity index (χ0v) is 16.3. The van der Waals surface area contributed by atoms with E-state index in [2.05, 4.69) is 5.32 Å². The second-order valence-electron chi connectivity index (χ2n) is 6.51. The standard InChI is InChI=1S/C20H24N2O4S/c1-3-12-21-20(23)19-13-15-6-4-5-7-16(15)14-22(19)27(24,25)18-10-8-17(26-2)9-11-18/h4-11,19H,3,12-14H2,1-2H3,(H,21,23). The molecular weight excluding hydrogens is 364 g/mol. The average molecular weight is 388 g/mol. The Labute approximate surface area is 160 Å². The van der Waals surface area contributed by atoms with Gasteiger partial charge in [-0.3, -0.25) is 4.79 Å². The highest BCUT2D eigenvalue weighted by atomic mass is 32.2. The monoisotopic (exact) mass is 388 g/mol. The molecule has 27 heavy (non-hydrogen) atoms. The van der Waals surface area contributed by atoms with E-state index in [-0.39, 0.29) is 17.3 Å². The van der Waals surface area contributed by atoms with Crippen molar-refractivity contribution < 1.29 is 17.9 Å². The molecule has 0 bridgehead atoms. The van der Waals surface area contributed by atoms with Crippen molar-refractivity contribution in [2.75, 3.05) is 13.7 Å². The van der Waals surface area contributed by atoms with E-state index >= 15 is 0 Å². The first kappa shape index (κ1) is 19.4. The Morgan fingerprint density at radius 2 is 1.81 bits per heavy atom. The lowest BCUT2D eigenvalue weighted by Gasteiger charge is -2.35. The molecule has 1 unspecified atom stereocenters. The highest BCUT2D eigenvalue weighted by molar-refractivity contribution is 7.89. The van der Waals surface area contributed by atoms with Gasteiger partial charge in [-0.2, -0.15) is 4.31 Å². The Hall–Kier alpha value is -2.38. The number of benzene rings is 2. The van der Waals surface area contributed by atoms with Gasteiger partial charge in [-0.15, -0.1) is 0 Å². The number of sulfonamides is 1. The first-order valence-corrected chi connectivity index (χ1v) is 10.4. The normalized spacial score (nSPS) is 17.2. The number of hydrogen-bond acceptors (Lipinski definition) is 4. The van der Waals surface area contributed by atoms with Crippen LogP contribution in [0.4, 0.5) is 0 Å². The van der Waals surface area contributed by atoms with E-state index in [1.54, 1.807) is 12.1 Å². The predicted octanol–water partition coefficient (Wildman–Crippen LogP) is 2.34. The van der Waals surface area contributed by atoms with Gasteiger partial charge < -0.3 is 10.1 Å². The zero-order valence-electron chi connectivity index (χ0n) is 15.5. The fraction of sp³-hybridized carbons (Fsp3) is 0.350. The third-order valence-corrected chi connectivity index (χ3v) is 6.59. The van der Waals surface area contributed by atoms with E-state index in [4.69, 9.17) is 4.74 Å². The number of amides is 1. The first-order valence-electron chi connectivity index (χ1n) is 8.97. The summed E-state index contributed by atoms with van der Waals surface area (Å²) >= 11 is 0. The molecule has 0 aromatic heterocycles. The van der Waals surface area contributed by atoms with Crippen LogP contribution in [0.15, 0.2) is 53.4 Å². The molecule has 1 heterocycles. The summed E-state index contributed by atoms with van der Waals surface area (Å²) in [5.74, 6) is 0.318. The third kappa shape index (κ3) is 3.99. The maximum absolute atomic E-state index is 13.3. The molecule has 1 aliphatic rings. The number of ether oxygens (including phenoxy) is 1. The van der Waals surface area contributed by atoms with Gasteiger partial charge >= 0.3 is 0 Å². The molecule has 0 fully saturated rings. The van der Waals surface area contributed by atoms with Gasteiger partial charge in [-0.05, 0) is 48.2 Å². The predicted molar refractivity (Wildman–Crippen MR) is 103 cm³/mol. The second-order valence-corrected chi connectivity index (χ2v) is 8.40. The molecule has 1 atom stereocenters. The summed E-state index contributed by atoms with van der Waals surface area (Å²) in [6, 6.07) is 13.1. The van der Waals surface area contributed by atoms with Crippen molar-refractivity contribution in [2.24, 2.45) is 0 Å². The summed E-state index contributed by atoms with van der Waals surface area (Å²) in [7, 11) is -2.31. The van der Waals surface area contributed by atoms with Gasteiger partial charge in [-0.1, -0.05) is 31.2 Å². The maximum atomic E-state index is 13.3. The van der Waals surface area contributed by atoms with Crippen LogP contribution >= 0.6 is 0 Å². The molecule has 2 aromatic carbocycles. The molecule has 0 spiro atoms. The molecule has 0 aliphatic carbocycles. The fourth-order valence-electron chi connectivity index (χ4n) is 3.22. The minimum absolute atomic E-state index is 0.149. The topological polar surface area (TPSA) is 75.7 Å². The summed E-state index contributed by atoms with van der Waals surface area (Å²) < 4.78 is 33.0. The molecule has 0 saturated heterocycles. The van der Waals surface area contributed by atoms with Crippen LogP contribution in [0, 0.1) is 0 Å². The maximum Gasteiger partial charge on any atom is 0.244 e. The van der Waals surface area contributed by atoms with Gasteiger partial charge in [0.15, 0.2) is 0 Å². The van der Waals surface area contributed by atoms with Gasteiger partial charge in [0.1, 0.15) is 11.8 Å². The highest BCUT2D eigenvalue weighted by Gasteiger charge is 2.39. The van der Waals surface area contributed by atoms with Crippen LogP contribution in [0.1, 0.15) is 24.5 Å². The van der Waals surface area contributed by atoms with Crippen molar-refractivity contribution >= 4 is 15.9 Å². The van der Waals surface area contributed by atoms with Gasteiger partial charge in [0.25, 0.3) is 0 Å². The molecule has 144 valence electrons. The number of carbonyl (C=O) groups is 1. The van der Waals surface area contributed by atoms with Crippen molar-refractivity contribution in [1.29, 1.82) is 0 Å². The molecule has 1 amide bonds. The lowest BCUT2D eigenvalue weighted by molar-refractivity contribution is -0.125. The Balaban J connectivity index is 1.98. The molecule has 2 aromatic rings. The number of nitrogens with one attached hydrogen (secondary N) is 1. The van der Waals surface area contributed by atoms with Crippen LogP contribution in [0.2, 0.25) is 0 Å². The summed E-state index contributed by atoms with van der Waals surface area (Å²) in [4.78, 5) is 12.9. The van der Waals surface area contributed by atoms with E-state index in [1.165, 1.54) is 23.5 Å². The molecule has 0 radical (unpaired) electrons. The molecule has 1 aliphatic heterocycles. The van der Waals surface area contributed by atoms with Crippen molar-refractivity contribution in [2.45, 2.75) is 37.2 Å². The van der Waals surface area contributed by atoms with Gasteiger partial charge in [0.05, 0.1) is 12.0 Å². The van der Waals surface area contributed by atoms with E-state index < -0.39 is 16.1 Å². The van der Waals surface area contributed by atoms with Crippen molar-refractivity contribution in [3.8, 4) is 5.75 Å². The van der Waals surface area contributed by atoms with Crippen molar-refractivity contribution in [3.05, 3.63) is 59.7 Å². The first-order chi connectivity index (χ1) is 13.0. The Morgan fingerprint density at radius 3 is 2.44 bits per heavy atom. The SMILES string of the molecule is CCCNC(=O)C1Cc2ccccc2CN1S(=O)(=O)c1ccc(OC)cc1. The summed E-state index contributed by atoms with van der Waals surface area (Å²) in [5.41, 5.74) is 1.93. The summed E-state index contributed by atoms with van der Waals surface area (Å²) in [5, 5.41) is 2.84. The summed E-state index contributed by atoms with van der Waals surface area (Å²) in [6.07, 6.45) is 1.15. The molecule has 1 N–H and O–H groups in total. The Bertz CT molecular complexity index is 910. The lowest BCUT2D eigenvalue weighted by Crippen LogP contribution is -2.52. The molecule has 3 rings (SSSR count). The number of methoxy groups -OCH3 is 1. The second kappa shape index (κ2) is 8.10. The van der Waals surface area contributed by atoms with Crippen molar-refractivity contribution in [3.63, 3.8) is 0 Å². The lowest BCUT2D eigenvalue weighted by atomic mass is 9.95. The number of carbonyl (C=O) groups excluding carboxylic acids is 1. The molecule has 6 nitrogen and oxygen atoms in total. The number of fused-ring (bicyclic) bond motifs is 1. The van der Waals surface area contributed by atoms with Crippen LogP contribution in [0.5, 0.6) is 5.75 Å². The molecule has 7 heteroatoms. The highest BCUT2D eigenvalue weighted by Crippen LogP contribution is 2.29. The quantitative estimate of drug-likeness (QED) is 0.824. The van der Waals surface area contributed by atoms with E-state index in [1.807, 2.05) is 31.2 Å². The van der Waals surface area contributed by atoms with Gasteiger partial charge in [-0.25, -0.2) is 8.42 Å². The van der Waals surface area contributed by atoms with Gasteiger partial charge in [0.2, 0.25) is 15.9 Å². The largest absolute Gasteiger partial charge is 0.497 e. The zero-order chi connectivity index (χ0) is 19.4. The molecule has 0 saturated carbocycles. The van der Waals surface area contributed by atoms with Crippen LogP contribution in [-0.2, 0) is 27.8 Å². The minimum Gasteiger partial charge on any atom is -0.497 e. The fourth-order valence-corrected chi connectivity index (χ4v) is 4.79. The van der Waals surface area contributed by atoms with Crippen molar-refractivity contribution in [1.82, 2.24) is 9.62 Å². The van der Waals surface area contributed by atoms with Crippen LogP contribution < -0.4 is 10.1 Å². The Kier molecular flexibility index (Phi) is 5.82. The average Bonchev–Trinajstić information content (AvgIpc) is 2.71.